The van der Waals surface area contributed by atoms with Crippen LogP contribution in [0.15, 0.2) is 12.1 Å². The predicted octanol–water partition coefficient (Wildman–Crippen LogP) is 3.49. The molecular weight excluding hydrogens is 280 g/mol. The molecule has 1 atom stereocenters. The fraction of sp³-hybridized carbons (Fsp3) is 0.765. The lowest BCUT2D eigenvalue weighted by Gasteiger charge is -2.22. The zero-order chi connectivity index (χ0) is 15.1. The van der Waals surface area contributed by atoms with Gasteiger partial charge in [-0.25, -0.2) is 0 Å². The van der Waals surface area contributed by atoms with E-state index in [0.717, 1.165) is 39.3 Å². The first-order valence-electron chi connectivity index (χ1n) is 8.29. The quantitative estimate of drug-likeness (QED) is 0.755. The lowest BCUT2D eigenvalue weighted by molar-refractivity contribution is 0.0728. The minimum Gasteiger partial charge on any atom is -0.377 e. The van der Waals surface area contributed by atoms with Crippen molar-refractivity contribution >= 4 is 11.3 Å². The smallest absolute Gasteiger partial charge is 0.0702 e. The average Bonchev–Trinajstić information content (AvgIpc) is 3.09. The van der Waals surface area contributed by atoms with Gasteiger partial charge in [0.25, 0.3) is 0 Å². The Labute approximate surface area is 133 Å². The van der Waals surface area contributed by atoms with Crippen LogP contribution in [0, 0.1) is 5.92 Å². The van der Waals surface area contributed by atoms with Gasteiger partial charge in [0, 0.05) is 36.0 Å². The Bertz CT molecular complexity index is 399. The van der Waals surface area contributed by atoms with E-state index in [1.165, 1.54) is 22.6 Å². The van der Waals surface area contributed by atoms with Gasteiger partial charge in [0.1, 0.15) is 0 Å². The standard InChI is InChI=1S/C17H30N2OS/c1-4-19(12-15-6-5-9-20-15)13-17-8-7-16(21-17)11-18-10-14(2)3/h7-8,14-15,18H,4-6,9-13H2,1-3H3. The van der Waals surface area contributed by atoms with Crippen LogP contribution in [0.2, 0.25) is 0 Å². The zero-order valence-corrected chi connectivity index (χ0v) is 14.5. The molecule has 1 saturated heterocycles. The van der Waals surface area contributed by atoms with Gasteiger partial charge in [-0.1, -0.05) is 20.8 Å². The van der Waals surface area contributed by atoms with Crippen molar-refractivity contribution in [3.63, 3.8) is 0 Å². The summed E-state index contributed by atoms with van der Waals surface area (Å²) in [6, 6.07) is 4.56. The van der Waals surface area contributed by atoms with Gasteiger partial charge in [-0.15, -0.1) is 11.3 Å². The highest BCUT2D eigenvalue weighted by Crippen LogP contribution is 2.20. The van der Waals surface area contributed by atoms with E-state index in [1.807, 2.05) is 11.3 Å². The molecule has 1 aromatic heterocycles. The van der Waals surface area contributed by atoms with Gasteiger partial charge in [0.05, 0.1) is 6.10 Å². The Kier molecular flexibility index (Phi) is 7.17. The number of nitrogens with one attached hydrogen (secondary N) is 1. The topological polar surface area (TPSA) is 24.5 Å². The Balaban J connectivity index is 1.76. The molecule has 0 spiro atoms. The van der Waals surface area contributed by atoms with E-state index >= 15 is 0 Å². The van der Waals surface area contributed by atoms with Gasteiger partial charge >= 0.3 is 0 Å². The van der Waals surface area contributed by atoms with Crippen molar-refractivity contribution in [1.82, 2.24) is 10.2 Å². The SMILES string of the molecule is CCN(Cc1ccc(CNCC(C)C)s1)CC1CCCO1. The third kappa shape index (κ3) is 6.07. The van der Waals surface area contributed by atoms with E-state index in [-0.39, 0.29) is 0 Å². The van der Waals surface area contributed by atoms with Crippen molar-refractivity contribution in [1.29, 1.82) is 0 Å². The van der Waals surface area contributed by atoms with Gasteiger partial charge in [-0.2, -0.15) is 0 Å². The van der Waals surface area contributed by atoms with Crippen LogP contribution in [0.4, 0.5) is 0 Å². The molecule has 0 aliphatic carbocycles. The largest absolute Gasteiger partial charge is 0.377 e. The lowest BCUT2D eigenvalue weighted by atomic mass is 10.2. The van der Waals surface area contributed by atoms with E-state index < -0.39 is 0 Å². The monoisotopic (exact) mass is 310 g/mol. The van der Waals surface area contributed by atoms with Crippen LogP contribution in [-0.4, -0.2) is 37.2 Å². The molecule has 0 saturated carbocycles. The molecule has 1 unspecified atom stereocenters. The Morgan fingerprint density at radius 2 is 2.19 bits per heavy atom. The summed E-state index contributed by atoms with van der Waals surface area (Å²) >= 11 is 1.94. The van der Waals surface area contributed by atoms with Crippen molar-refractivity contribution in [2.24, 2.45) is 5.92 Å². The fourth-order valence-electron chi connectivity index (χ4n) is 2.69. The number of ether oxygens (including phenoxy) is 1. The summed E-state index contributed by atoms with van der Waals surface area (Å²) in [4.78, 5) is 5.42. The van der Waals surface area contributed by atoms with Crippen LogP contribution in [-0.2, 0) is 17.8 Å². The van der Waals surface area contributed by atoms with Crippen LogP contribution in [0.3, 0.4) is 0 Å². The first kappa shape index (κ1) is 16.9. The molecule has 21 heavy (non-hydrogen) atoms. The van der Waals surface area contributed by atoms with Crippen molar-refractivity contribution in [3.8, 4) is 0 Å². The van der Waals surface area contributed by atoms with Crippen LogP contribution < -0.4 is 5.32 Å². The van der Waals surface area contributed by atoms with E-state index in [2.05, 4.69) is 43.1 Å². The normalized spacial score (nSPS) is 19.0. The summed E-state index contributed by atoms with van der Waals surface area (Å²) in [5, 5.41) is 3.52. The van der Waals surface area contributed by atoms with E-state index in [0.29, 0.717) is 12.0 Å². The highest BCUT2D eigenvalue weighted by molar-refractivity contribution is 7.11. The van der Waals surface area contributed by atoms with E-state index in [1.54, 1.807) is 0 Å². The summed E-state index contributed by atoms with van der Waals surface area (Å²) in [7, 11) is 0. The number of rotatable bonds is 9. The maximum Gasteiger partial charge on any atom is 0.0702 e. The molecule has 0 bridgehead atoms. The summed E-state index contributed by atoms with van der Waals surface area (Å²) < 4.78 is 5.76. The van der Waals surface area contributed by atoms with Crippen LogP contribution >= 0.6 is 11.3 Å². The minimum atomic E-state index is 0.456. The van der Waals surface area contributed by atoms with Crippen molar-refractivity contribution < 1.29 is 4.74 Å². The molecule has 0 amide bonds. The molecule has 0 aromatic carbocycles. The first-order chi connectivity index (χ1) is 10.2. The molecular formula is C17H30N2OS. The molecule has 2 heterocycles. The second-order valence-electron chi connectivity index (χ2n) is 6.36. The van der Waals surface area contributed by atoms with Crippen molar-refractivity contribution in [2.45, 2.75) is 52.8 Å². The molecule has 0 radical (unpaired) electrons. The van der Waals surface area contributed by atoms with E-state index in [9.17, 15) is 0 Å². The van der Waals surface area contributed by atoms with Gasteiger partial charge in [-0.05, 0) is 44.0 Å². The first-order valence-corrected chi connectivity index (χ1v) is 9.11. The molecule has 3 nitrogen and oxygen atoms in total. The Morgan fingerprint density at radius 3 is 2.86 bits per heavy atom. The molecule has 1 fully saturated rings. The average molecular weight is 311 g/mol. The third-order valence-corrected chi connectivity index (χ3v) is 4.95. The van der Waals surface area contributed by atoms with Crippen molar-refractivity contribution in [3.05, 3.63) is 21.9 Å². The predicted molar refractivity (Wildman–Crippen MR) is 90.8 cm³/mol. The summed E-state index contributed by atoms with van der Waals surface area (Å²) in [5.74, 6) is 0.714. The number of hydrogen-bond donors (Lipinski definition) is 1. The second-order valence-corrected chi connectivity index (χ2v) is 7.61. The van der Waals surface area contributed by atoms with Crippen LogP contribution in [0.25, 0.3) is 0 Å². The maximum atomic E-state index is 5.76. The molecule has 2 rings (SSSR count). The van der Waals surface area contributed by atoms with Gasteiger partial charge < -0.3 is 10.1 Å². The number of hydrogen-bond acceptors (Lipinski definition) is 4. The van der Waals surface area contributed by atoms with Gasteiger partial charge in [-0.3, -0.25) is 4.90 Å². The number of nitrogens with zero attached hydrogens (tertiary/aromatic N) is 1. The molecule has 120 valence electrons. The molecule has 4 heteroatoms. The summed E-state index contributed by atoms with van der Waals surface area (Å²) in [6.07, 6.45) is 2.91. The van der Waals surface area contributed by atoms with Crippen molar-refractivity contribution in [2.75, 3.05) is 26.2 Å². The molecule has 1 aromatic rings. The highest BCUT2D eigenvalue weighted by atomic mass is 32.1. The minimum absolute atomic E-state index is 0.456. The molecule has 1 aliphatic heterocycles. The molecule has 1 N–H and O–H groups in total. The molecule has 1 aliphatic rings. The van der Waals surface area contributed by atoms with Gasteiger partial charge in [0.2, 0.25) is 0 Å². The Hall–Kier alpha value is -0.420. The zero-order valence-electron chi connectivity index (χ0n) is 13.7. The Morgan fingerprint density at radius 1 is 1.38 bits per heavy atom. The van der Waals surface area contributed by atoms with Crippen LogP contribution in [0.5, 0.6) is 0 Å². The van der Waals surface area contributed by atoms with E-state index in [4.69, 9.17) is 4.74 Å². The van der Waals surface area contributed by atoms with Gasteiger partial charge in [0.15, 0.2) is 0 Å². The van der Waals surface area contributed by atoms with Crippen LogP contribution in [0.1, 0.15) is 43.4 Å². The third-order valence-electron chi connectivity index (χ3n) is 3.88. The summed E-state index contributed by atoms with van der Waals surface area (Å²) in [5.41, 5.74) is 0. The number of likely N-dealkylation sites (N-methyl/N-ethyl adjacent to an activating group) is 1. The lowest BCUT2D eigenvalue weighted by Crippen LogP contribution is -2.31. The summed E-state index contributed by atoms with van der Waals surface area (Å²) in [6.45, 7) is 13.0. The maximum absolute atomic E-state index is 5.76. The number of thiophene rings is 1. The highest BCUT2D eigenvalue weighted by Gasteiger charge is 2.18. The second kappa shape index (κ2) is 8.89. The fourth-order valence-corrected chi connectivity index (χ4v) is 3.72.